The van der Waals surface area contributed by atoms with Crippen molar-refractivity contribution in [1.82, 2.24) is 4.31 Å². The monoisotopic (exact) mass is 390 g/mol. The van der Waals surface area contributed by atoms with Crippen LogP contribution in [0.3, 0.4) is 0 Å². The van der Waals surface area contributed by atoms with Gasteiger partial charge in [-0.1, -0.05) is 44.8 Å². The summed E-state index contributed by atoms with van der Waals surface area (Å²) in [6.07, 6.45) is 8.79. The van der Waals surface area contributed by atoms with Gasteiger partial charge in [0.2, 0.25) is 10.0 Å². The summed E-state index contributed by atoms with van der Waals surface area (Å²) in [5.74, 6) is 1.26. The highest BCUT2D eigenvalue weighted by Gasteiger charge is 2.37. The van der Waals surface area contributed by atoms with Crippen LogP contribution in [0, 0.1) is 17.8 Å². The number of sulfonamides is 1. The summed E-state index contributed by atoms with van der Waals surface area (Å²) < 4.78 is 29.0. The standard InChI is InChI=1S/C22H34N2O2S/c1-16-13-17(2)22(18(3)14-16)15-24(20-7-5-4-6-8-20)27(25,26)21-11-9-19(23)10-12-21/h9-13,17-18,20,22H,4-8,14-15,23H2,1-3H3/t17-,18+,22+/m0/s1. The Balaban J connectivity index is 1.92. The van der Waals surface area contributed by atoms with Crippen molar-refractivity contribution in [2.45, 2.75) is 70.2 Å². The molecule has 150 valence electrons. The van der Waals surface area contributed by atoms with Gasteiger partial charge in [-0.2, -0.15) is 4.31 Å². The lowest BCUT2D eigenvalue weighted by molar-refractivity contribution is 0.170. The molecule has 0 bridgehead atoms. The van der Waals surface area contributed by atoms with E-state index in [9.17, 15) is 8.42 Å². The fourth-order valence-electron chi connectivity index (χ4n) is 4.96. The summed E-state index contributed by atoms with van der Waals surface area (Å²) in [5.41, 5.74) is 7.79. The van der Waals surface area contributed by atoms with Gasteiger partial charge in [-0.05, 0) is 68.2 Å². The van der Waals surface area contributed by atoms with Crippen LogP contribution in [0.2, 0.25) is 0 Å². The van der Waals surface area contributed by atoms with Crippen LogP contribution in [-0.2, 0) is 10.0 Å². The molecule has 4 nitrogen and oxygen atoms in total. The maximum absolute atomic E-state index is 13.6. The van der Waals surface area contributed by atoms with Crippen molar-refractivity contribution in [3.63, 3.8) is 0 Å². The van der Waals surface area contributed by atoms with E-state index in [-0.39, 0.29) is 6.04 Å². The Labute approximate surface area is 164 Å². The van der Waals surface area contributed by atoms with E-state index in [2.05, 4.69) is 26.8 Å². The van der Waals surface area contributed by atoms with E-state index in [1.54, 1.807) is 24.3 Å². The van der Waals surface area contributed by atoms with Crippen molar-refractivity contribution >= 4 is 15.7 Å². The maximum Gasteiger partial charge on any atom is 0.243 e. The fraction of sp³-hybridized carbons (Fsp3) is 0.636. The van der Waals surface area contributed by atoms with E-state index in [1.165, 1.54) is 12.0 Å². The lowest BCUT2D eigenvalue weighted by Gasteiger charge is -2.40. The third kappa shape index (κ3) is 4.57. The number of anilines is 1. The van der Waals surface area contributed by atoms with Crippen LogP contribution in [-0.4, -0.2) is 25.3 Å². The Kier molecular flexibility index (Phi) is 6.32. The second-order valence-corrected chi connectivity index (χ2v) is 10.5. The summed E-state index contributed by atoms with van der Waals surface area (Å²) in [7, 11) is -3.52. The minimum atomic E-state index is -3.52. The molecule has 0 saturated heterocycles. The van der Waals surface area contributed by atoms with Crippen LogP contribution in [0.1, 0.15) is 59.3 Å². The number of nitrogens with zero attached hydrogens (tertiary/aromatic N) is 1. The number of allylic oxidation sites excluding steroid dienone is 2. The van der Waals surface area contributed by atoms with Gasteiger partial charge in [0.05, 0.1) is 4.90 Å². The molecule has 3 rings (SSSR count). The first-order valence-corrected chi connectivity index (χ1v) is 11.8. The predicted octanol–water partition coefficient (Wildman–Crippen LogP) is 4.83. The first-order valence-electron chi connectivity index (χ1n) is 10.3. The molecule has 0 aliphatic heterocycles. The highest BCUT2D eigenvalue weighted by molar-refractivity contribution is 7.89. The molecule has 5 heteroatoms. The zero-order chi connectivity index (χ0) is 19.6. The highest BCUT2D eigenvalue weighted by atomic mass is 32.2. The third-order valence-electron chi connectivity index (χ3n) is 6.46. The zero-order valence-electron chi connectivity index (χ0n) is 16.9. The normalized spacial score (nSPS) is 27.6. The van der Waals surface area contributed by atoms with Gasteiger partial charge in [0, 0.05) is 18.3 Å². The molecule has 0 amide bonds. The molecule has 2 aliphatic rings. The SMILES string of the molecule is CC1=C[C@H](C)[C@@H](CN(C2CCCCC2)S(=O)(=O)c2ccc(N)cc2)[C@H](C)C1. The van der Waals surface area contributed by atoms with E-state index in [0.29, 0.717) is 34.9 Å². The quantitative estimate of drug-likeness (QED) is 0.578. The van der Waals surface area contributed by atoms with Crippen molar-refractivity contribution in [2.24, 2.45) is 17.8 Å². The van der Waals surface area contributed by atoms with Crippen molar-refractivity contribution < 1.29 is 8.42 Å². The summed E-state index contributed by atoms with van der Waals surface area (Å²) >= 11 is 0. The minimum absolute atomic E-state index is 0.118. The van der Waals surface area contributed by atoms with Gasteiger partial charge in [-0.25, -0.2) is 8.42 Å². The smallest absolute Gasteiger partial charge is 0.243 e. The molecule has 2 aliphatic carbocycles. The number of hydrogen-bond acceptors (Lipinski definition) is 3. The van der Waals surface area contributed by atoms with E-state index < -0.39 is 10.0 Å². The Bertz CT molecular complexity index is 764. The van der Waals surface area contributed by atoms with Crippen LogP contribution in [0.25, 0.3) is 0 Å². The molecule has 1 aromatic rings. The molecule has 0 spiro atoms. The molecule has 1 fully saturated rings. The molecule has 27 heavy (non-hydrogen) atoms. The lowest BCUT2D eigenvalue weighted by Crippen LogP contribution is -2.46. The summed E-state index contributed by atoms with van der Waals surface area (Å²) in [6.45, 7) is 7.31. The first-order chi connectivity index (χ1) is 12.8. The molecule has 3 atom stereocenters. The van der Waals surface area contributed by atoms with Gasteiger partial charge in [0.15, 0.2) is 0 Å². The summed E-state index contributed by atoms with van der Waals surface area (Å²) in [5, 5.41) is 0. The molecule has 0 heterocycles. The maximum atomic E-state index is 13.6. The molecule has 0 aromatic heterocycles. The van der Waals surface area contributed by atoms with Gasteiger partial charge in [-0.3, -0.25) is 0 Å². The summed E-state index contributed by atoms with van der Waals surface area (Å²) in [6, 6.07) is 6.79. The van der Waals surface area contributed by atoms with Gasteiger partial charge < -0.3 is 5.73 Å². The Morgan fingerprint density at radius 1 is 1.07 bits per heavy atom. The van der Waals surface area contributed by atoms with Gasteiger partial charge in [-0.15, -0.1) is 0 Å². The number of hydrogen-bond donors (Lipinski definition) is 1. The van der Waals surface area contributed by atoms with Gasteiger partial charge in [0.25, 0.3) is 0 Å². The number of nitrogens with two attached hydrogens (primary N) is 1. The number of benzene rings is 1. The summed E-state index contributed by atoms with van der Waals surface area (Å²) in [4.78, 5) is 0.366. The molecule has 1 saturated carbocycles. The zero-order valence-corrected chi connectivity index (χ0v) is 17.7. The third-order valence-corrected chi connectivity index (χ3v) is 8.39. The number of nitrogen functional groups attached to an aromatic ring is 1. The second-order valence-electron chi connectivity index (χ2n) is 8.65. The average molecular weight is 391 g/mol. The van der Waals surface area contributed by atoms with Crippen LogP contribution in [0.4, 0.5) is 5.69 Å². The molecular formula is C22H34N2O2S. The second kappa shape index (κ2) is 8.36. The van der Waals surface area contributed by atoms with Crippen LogP contribution >= 0.6 is 0 Å². The van der Waals surface area contributed by atoms with Gasteiger partial charge in [0.1, 0.15) is 0 Å². The highest BCUT2D eigenvalue weighted by Crippen LogP contribution is 2.37. The Hall–Kier alpha value is -1.33. The fourth-order valence-corrected chi connectivity index (χ4v) is 6.68. The van der Waals surface area contributed by atoms with Crippen LogP contribution < -0.4 is 5.73 Å². The molecule has 2 N–H and O–H groups in total. The van der Waals surface area contributed by atoms with E-state index >= 15 is 0 Å². The van der Waals surface area contributed by atoms with Crippen molar-refractivity contribution in [3.8, 4) is 0 Å². The van der Waals surface area contributed by atoms with E-state index in [0.717, 1.165) is 32.1 Å². The average Bonchev–Trinajstić information content (AvgIpc) is 2.62. The molecule has 0 radical (unpaired) electrons. The van der Waals surface area contributed by atoms with Gasteiger partial charge >= 0.3 is 0 Å². The first kappa shape index (κ1) is 20.4. The van der Waals surface area contributed by atoms with Crippen LogP contribution in [0.15, 0.2) is 40.8 Å². The molecular weight excluding hydrogens is 356 g/mol. The van der Waals surface area contributed by atoms with Crippen molar-refractivity contribution in [2.75, 3.05) is 12.3 Å². The van der Waals surface area contributed by atoms with E-state index in [1.807, 2.05) is 4.31 Å². The molecule has 1 aromatic carbocycles. The Morgan fingerprint density at radius 3 is 2.30 bits per heavy atom. The largest absolute Gasteiger partial charge is 0.399 e. The Morgan fingerprint density at radius 2 is 1.70 bits per heavy atom. The number of rotatable bonds is 5. The van der Waals surface area contributed by atoms with E-state index in [4.69, 9.17) is 5.73 Å². The van der Waals surface area contributed by atoms with Crippen molar-refractivity contribution in [3.05, 3.63) is 35.9 Å². The van der Waals surface area contributed by atoms with Crippen molar-refractivity contribution in [1.29, 1.82) is 0 Å². The van der Waals surface area contributed by atoms with Crippen LogP contribution in [0.5, 0.6) is 0 Å². The minimum Gasteiger partial charge on any atom is -0.399 e. The lowest BCUT2D eigenvalue weighted by atomic mass is 9.75. The topological polar surface area (TPSA) is 63.4 Å². The molecule has 0 unspecified atom stereocenters. The predicted molar refractivity (Wildman–Crippen MR) is 112 cm³/mol.